The minimum atomic E-state index is 0. The van der Waals surface area contributed by atoms with Crippen LogP contribution in [0.5, 0.6) is 0 Å². The van der Waals surface area contributed by atoms with Gasteiger partial charge >= 0.3 is 11.9 Å². The van der Waals surface area contributed by atoms with Gasteiger partial charge in [0.2, 0.25) is 12.7 Å². The minimum Gasteiger partial charge on any atom is -0.378 e. The molecule has 0 fully saturated rings. The molecule has 0 saturated heterocycles. The molecular weight excluding hydrogens is 520 g/mol. The van der Waals surface area contributed by atoms with E-state index in [1.165, 1.54) is 0 Å². The van der Waals surface area contributed by atoms with E-state index in [1.54, 1.807) is 22.0 Å². The third-order valence-corrected chi connectivity index (χ3v) is 6.24. The first kappa shape index (κ1) is 32.7. The second-order valence-electron chi connectivity index (χ2n) is 9.22. The maximum absolute atomic E-state index is 5.90. The van der Waals surface area contributed by atoms with Crippen LogP contribution in [-0.4, -0.2) is 60.0 Å². The number of rotatable bonds is 12. The summed E-state index contributed by atoms with van der Waals surface area (Å²) in [5, 5.41) is 25.5. The minimum absolute atomic E-state index is 0. The number of nitrogens with zero attached hydrogens (tertiary/aromatic N) is 12. The normalized spacial score (nSPS) is 11.1. The Balaban J connectivity index is 0.00000294. The standard InChI is InChI=1S/C26H36N12O.2CH4/c1-33(23-11-7-21(8-12-23)29-31-25-35(3)19-27-37(25)5)15-17-39-18-16-34(2)24-13-9-22(10-14-24)30-32-26-36(4)20-28-38(26)6;;/h7-14,19-20H,15-18H2,1-6H3;2*1H4/q+2;;. The van der Waals surface area contributed by atoms with Crippen LogP contribution in [-0.2, 0) is 32.9 Å². The van der Waals surface area contributed by atoms with Gasteiger partial charge in [0.1, 0.15) is 0 Å². The summed E-state index contributed by atoms with van der Waals surface area (Å²) in [6.45, 7) is 2.83. The number of likely N-dealkylation sites (N-methyl/N-ethyl adjacent to an activating group) is 2. The summed E-state index contributed by atoms with van der Waals surface area (Å²) in [6, 6.07) is 15.9. The van der Waals surface area contributed by atoms with E-state index in [1.807, 2.05) is 85.9 Å². The van der Waals surface area contributed by atoms with Crippen molar-refractivity contribution in [1.82, 2.24) is 19.6 Å². The van der Waals surface area contributed by atoms with Crippen molar-refractivity contribution in [3.8, 4) is 0 Å². The van der Waals surface area contributed by atoms with Crippen molar-refractivity contribution in [3.63, 3.8) is 0 Å². The number of aromatic nitrogens is 6. The van der Waals surface area contributed by atoms with Crippen molar-refractivity contribution in [2.24, 2.45) is 48.6 Å². The van der Waals surface area contributed by atoms with Crippen LogP contribution in [0, 0.1) is 0 Å². The Morgan fingerprint density at radius 3 is 1.34 bits per heavy atom. The van der Waals surface area contributed by atoms with Gasteiger partial charge in [-0.15, -0.1) is 9.36 Å². The Bertz CT molecular complexity index is 1260. The Hall–Kier alpha value is -4.52. The fourth-order valence-electron chi connectivity index (χ4n) is 3.76. The number of aryl methyl sites for hydroxylation is 4. The maximum Gasteiger partial charge on any atom is 0.403 e. The molecule has 41 heavy (non-hydrogen) atoms. The van der Waals surface area contributed by atoms with E-state index in [0.717, 1.165) is 35.8 Å². The van der Waals surface area contributed by atoms with Crippen LogP contribution in [0.4, 0.5) is 34.6 Å². The summed E-state index contributed by atoms with van der Waals surface area (Å²) < 4.78 is 12.9. The highest BCUT2D eigenvalue weighted by molar-refractivity contribution is 5.53. The Labute approximate surface area is 243 Å². The lowest BCUT2D eigenvalue weighted by molar-refractivity contribution is -0.659. The van der Waals surface area contributed by atoms with Gasteiger partial charge in [-0.05, 0) is 58.7 Å². The summed E-state index contributed by atoms with van der Waals surface area (Å²) in [6.07, 6.45) is 3.40. The quantitative estimate of drug-likeness (QED) is 0.143. The molecule has 4 rings (SSSR count). The molecule has 4 aromatic rings. The molecule has 0 aliphatic heterocycles. The number of benzene rings is 2. The molecular formula is C28H44N12O+2. The highest BCUT2D eigenvalue weighted by Crippen LogP contribution is 2.21. The molecule has 2 aromatic carbocycles. The summed E-state index contributed by atoms with van der Waals surface area (Å²) in [5.41, 5.74) is 3.75. The molecule has 220 valence electrons. The SMILES string of the molecule is C.C.CN(CCOCCN(C)c1ccc(N=Nc2n(C)nc[n+]2C)cc1)c1ccc(N=Nc2n(C)nc[n+]2C)cc1. The van der Waals surface area contributed by atoms with E-state index in [0.29, 0.717) is 25.1 Å². The maximum atomic E-state index is 5.90. The first-order valence-corrected chi connectivity index (χ1v) is 12.6. The Morgan fingerprint density at radius 1 is 0.659 bits per heavy atom. The Morgan fingerprint density at radius 2 is 1.02 bits per heavy atom. The van der Waals surface area contributed by atoms with Gasteiger partial charge in [0.25, 0.3) is 0 Å². The van der Waals surface area contributed by atoms with E-state index in [9.17, 15) is 0 Å². The number of ether oxygens (including phenoxy) is 1. The molecule has 0 bridgehead atoms. The van der Waals surface area contributed by atoms with Gasteiger partial charge in [0, 0.05) is 48.8 Å². The molecule has 0 aliphatic carbocycles. The zero-order valence-corrected chi connectivity index (χ0v) is 23.4. The molecule has 0 atom stereocenters. The van der Waals surface area contributed by atoms with Crippen LogP contribution >= 0.6 is 0 Å². The van der Waals surface area contributed by atoms with E-state index < -0.39 is 0 Å². The zero-order valence-electron chi connectivity index (χ0n) is 23.4. The van der Waals surface area contributed by atoms with Gasteiger partial charge in [-0.25, -0.2) is 9.13 Å². The molecule has 13 nitrogen and oxygen atoms in total. The van der Waals surface area contributed by atoms with E-state index >= 15 is 0 Å². The van der Waals surface area contributed by atoms with Gasteiger partial charge in [-0.1, -0.05) is 25.1 Å². The number of hydrogen-bond acceptors (Lipinski definition) is 9. The number of hydrogen-bond donors (Lipinski definition) is 0. The van der Waals surface area contributed by atoms with Gasteiger partial charge < -0.3 is 14.5 Å². The monoisotopic (exact) mass is 564 g/mol. The van der Waals surface area contributed by atoms with Crippen LogP contribution in [0.25, 0.3) is 0 Å². The second kappa shape index (κ2) is 15.3. The van der Waals surface area contributed by atoms with E-state index in [2.05, 4.69) is 54.5 Å². The summed E-state index contributed by atoms with van der Waals surface area (Å²) >= 11 is 0. The van der Waals surface area contributed by atoms with Gasteiger partial charge in [0.05, 0.1) is 52.8 Å². The van der Waals surface area contributed by atoms with Crippen molar-refractivity contribution in [2.75, 3.05) is 50.2 Å². The lowest BCUT2D eigenvalue weighted by Crippen LogP contribution is -2.26. The first-order chi connectivity index (χ1) is 18.8. The fourth-order valence-corrected chi connectivity index (χ4v) is 3.76. The molecule has 0 unspecified atom stereocenters. The van der Waals surface area contributed by atoms with Crippen molar-refractivity contribution >= 4 is 34.6 Å². The summed E-state index contributed by atoms with van der Waals surface area (Å²) in [4.78, 5) is 4.31. The van der Waals surface area contributed by atoms with Crippen LogP contribution in [0.15, 0.2) is 81.6 Å². The van der Waals surface area contributed by atoms with Gasteiger partial charge in [-0.3, -0.25) is 0 Å². The third kappa shape index (κ3) is 8.73. The van der Waals surface area contributed by atoms with Crippen LogP contribution in [0.1, 0.15) is 14.9 Å². The van der Waals surface area contributed by atoms with E-state index in [4.69, 9.17) is 4.74 Å². The van der Waals surface area contributed by atoms with Crippen molar-refractivity contribution in [2.45, 2.75) is 14.9 Å². The average molecular weight is 565 g/mol. The van der Waals surface area contributed by atoms with Crippen LogP contribution in [0.3, 0.4) is 0 Å². The van der Waals surface area contributed by atoms with Crippen molar-refractivity contribution in [1.29, 1.82) is 0 Å². The van der Waals surface area contributed by atoms with Crippen LogP contribution in [0.2, 0.25) is 0 Å². The van der Waals surface area contributed by atoms with E-state index in [-0.39, 0.29) is 14.9 Å². The second-order valence-corrected chi connectivity index (χ2v) is 9.22. The lowest BCUT2D eigenvalue weighted by atomic mass is 10.2. The average Bonchev–Trinajstić information content (AvgIpc) is 3.44. The fraction of sp³-hybridized carbons (Fsp3) is 0.429. The molecule has 13 heteroatoms. The first-order valence-electron chi connectivity index (χ1n) is 12.6. The number of anilines is 2. The van der Waals surface area contributed by atoms with Crippen molar-refractivity contribution in [3.05, 3.63) is 61.2 Å². The molecule has 0 saturated carbocycles. The summed E-state index contributed by atoms with van der Waals surface area (Å²) in [5.74, 6) is 1.35. The Kier molecular flexibility index (Phi) is 12.2. The molecule has 0 spiro atoms. The molecule has 0 amide bonds. The lowest BCUT2D eigenvalue weighted by Gasteiger charge is -2.21. The molecule has 0 N–H and O–H groups in total. The summed E-state index contributed by atoms with van der Waals surface area (Å²) in [7, 11) is 11.5. The smallest absolute Gasteiger partial charge is 0.378 e. The zero-order chi connectivity index (χ0) is 27.8. The third-order valence-electron chi connectivity index (χ3n) is 6.24. The highest BCUT2D eigenvalue weighted by Gasteiger charge is 2.12. The van der Waals surface area contributed by atoms with Gasteiger partial charge in [-0.2, -0.15) is 0 Å². The van der Waals surface area contributed by atoms with Gasteiger partial charge in [0.15, 0.2) is 0 Å². The molecule has 0 aliphatic rings. The van der Waals surface area contributed by atoms with Crippen LogP contribution < -0.4 is 18.9 Å². The predicted octanol–water partition coefficient (Wildman–Crippen LogP) is 4.49. The largest absolute Gasteiger partial charge is 0.403 e. The molecule has 0 radical (unpaired) electrons. The predicted molar refractivity (Wildman–Crippen MR) is 161 cm³/mol. The number of azo groups is 2. The van der Waals surface area contributed by atoms with Crippen molar-refractivity contribution < 1.29 is 13.9 Å². The molecule has 2 aromatic heterocycles. The molecule has 2 heterocycles. The highest BCUT2D eigenvalue weighted by atomic mass is 16.5. The topological polar surface area (TPSA) is 109 Å².